The van der Waals surface area contributed by atoms with Gasteiger partial charge in [0.15, 0.2) is 0 Å². The summed E-state index contributed by atoms with van der Waals surface area (Å²) in [7, 11) is 1.25. The van der Waals surface area contributed by atoms with E-state index in [0.717, 1.165) is 32.1 Å². The third-order valence-corrected chi connectivity index (χ3v) is 4.06. The van der Waals surface area contributed by atoms with Crippen LogP contribution in [0, 0.1) is 5.41 Å². The number of carbonyl (C=O) groups excluding carboxylic acids is 1. The summed E-state index contributed by atoms with van der Waals surface area (Å²) in [4.78, 5) is 22.5. The van der Waals surface area contributed by atoms with Crippen LogP contribution in [0.25, 0.3) is 0 Å². The standard InChI is InChI=1S/C11H17NO4/c1-16-9(15)12-11(8(13)14)7-10(11)5-3-2-4-6-10/h2-7H2,1H3,(H,12,15)(H,13,14). The van der Waals surface area contributed by atoms with Crippen molar-refractivity contribution in [2.75, 3.05) is 7.11 Å². The van der Waals surface area contributed by atoms with Gasteiger partial charge in [-0.25, -0.2) is 9.59 Å². The second kappa shape index (κ2) is 3.64. The highest BCUT2D eigenvalue weighted by atomic mass is 16.5. The molecule has 2 saturated carbocycles. The predicted molar refractivity (Wildman–Crippen MR) is 56.0 cm³/mol. The zero-order valence-electron chi connectivity index (χ0n) is 9.41. The molecule has 2 aliphatic rings. The molecule has 5 heteroatoms. The summed E-state index contributed by atoms with van der Waals surface area (Å²) >= 11 is 0. The topological polar surface area (TPSA) is 75.6 Å². The van der Waals surface area contributed by atoms with Gasteiger partial charge in [-0.3, -0.25) is 0 Å². The van der Waals surface area contributed by atoms with E-state index in [4.69, 9.17) is 0 Å². The number of nitrogens with one attached hydrogen (secondary N) is 1. The fourth-order valence-corrected chi connectivity index (χ4v) is 3.05. The van der Waals surface area contributed by atoms with Crippen LogP contribution in [0.3, 0.4) is 0 Å². The maximum Gasteiger partial charge on any atom is 0.407 e. The van der Waals surface area contributed by atoms with E-state index in [9.17, 15) is 14.7 Å². The van der Waals surface area contributed by atoms with Crippen LogP contribution in [-0.4, -0.2) is 29.8 Å². The Balaban J connectivity index is 2.14. The zero-order valence-corrected chi connectivity index (χ0v) is 9.41. The Hall–Kier alpha value is -1.26. The highest BCUT2D eigenvalue weighted by Crippen LogP contribution is 2.64. The van der Waals surface area contributed by atoms with E-state index < -0.39 is 17.6 Å². The molecule has 16 heavy (non-hydrogen) atoms. The van der Waals surface area contributed by atoms with E-state index in [1.807, 2.05) is 0 Å². The molecule has 2 aliphatic carbocycles. The summed E-state index contributed by atoms with van der Waals surface area (Å²) in [6.07, 6.45) is 4.95. The van der Waals surface area contributed by atoms with Gasteiger partial charge in [-0.2, -0.15) is 0 Å². The van der Waals surface area contributed by atoms with Gasteiger partial charge in [-0.05, 0) is 19.3 Å². The minimum absolute atomic E-state index is 0.217. The maximum atomic E-state index is 11.3. The molecule has 2 N–H and O–H groups in total. The van der Waals surface area contributed by atoms with Crippen LogP contribution in [-0.2, 0) is 9.53 Å². The zero-order chi connectivity index (χ0) is 11.8. The molecule has 0 radical (unpaired) electrons. The molecule has 0 heterocycles. The van der Waals surface area contributed by atoms with Crippen molar-refractivity contribution in [3.05, 3.63) is 0 Å². The number of carboxylic acid groups (broad SMARTS) is 1. The molecule has 0 aromatic heterocycles. The van der Waals surface area contributed by atoms with Crippen molar-refractivity contribution in [2.45, 2.75) is 44.1 Å². The van der Waals surface area contributed by atoms with Crippen molar-refractivity contribution in [2.24, 2.45) is 5.41 Å². The maximum absolute atomic E-state index is 11.3. The Morgan fingerprint density at radius 3 is 2.38 bits per heavy atom. The first kappa shape index (κ1) is 11.2. The fourth-order valence-electron chi connectivity index (χ4n) is 3.05. The summed E-state index contributed by atoms with van der Waals surface area (Å²) in [5, 5.41) is 11.8. The van der Waals surface area contributed by atoms with Gasteiger partial charge in [0.05, 0.1) is 7.11 Å². The highest BCUT2D eigenvalue weighted by molar-refractivity contribution is 5.89. The lowest BCUT2D eigenvalue weighted by Gasteiger charge is -2.26. The van der Waals surface area contributed by atoms with Crippen molar-refractivity contribution < 1.29 is 19.4 Å². The van der Waals surface area contributed by atoms with E-state index in [1.54, 1.807) is 0 Å². The minimum atomic E-state index is -1.07. The van der Waals surface area contributed by atoms with Gasteiger partial charge in [0.25, 0.3) is 0 Å². The molecule has 0 aromatic rings. The smallest absolute Gasteiger partial charge is 0.407 e. The van der Waals surface area contributed by atoms with E-state index in [0.29, 0.717) is 6.42 Å². The molecule has 0 saturated heterocycles. The van der Waals surface area contributed by atoms with Gasteiger partial charge in [-0.1, -0.05) is 19.3 Å². The third-order valence-electron chi connectivity index (χ3n) is 4.06. The van der Waals surface area contributed by atoms with Crippen LogP contribution in [0.15, 0.2) is 0 Å². The number of methoxy groups -OCH3 is 1. The number of amides is 1. The first-order valence-corrected chi connectivity index (χ1v) is 5.66. The summed E-state index contributed by atoms with van der Waals surface area (Å²) < 4.78 is 4.50. The number of alkyl carbamates (subject to hydrolysis) is 1. The molecule has 1 amide bonds. The number of hydrogen-bond donors (Lipinski definition) is 2. The number of carboxylic acids is 1. The monoisotopic (exact) mass is 227 g/mol. The molecule has 0 aliphatic heterocycles. The SMILES string of the molecule is COC(=O)NC1(C(=O)O)CC12CCCCC2. The first-order chi connectivity index (χ1) is 7.56. The number of aliphatic carboxylic acids is 1. The molecule has 0 bridgehead atoms. The fraction of sp³-hybridized carbons (Fsp3) is 0.818. The molecule has 90 valence electrons. The first-order valence-electron chi connectivity index (χ1n) is 5.66. The summed E-state index contributed by atoms with van der Waals surface area (Å²) in [6.45, 7) is 0. The van der Waals surface area contributed by atoms with Gasteiger partial charge in [-0.15, -0.1) is 0 Å². The second-order valence-corrected chi connectivity index (χ2v) is 4.84. The molecule has 1 spiro atoms. The Bertz CT molecular complexity index is 322. The summed E-state index contributed by atoms with van der Waals surface area (Å²) in [5.41, 5.74) is -1.29. The largest absolute Gasteiger partial charge is 0.479 e. The van der Waals surface area contributed by atoms with Gasteiger partial charge >= 0.3 is 12.1 Å². The average Bonchev–Trinajstić information content (AvgIpc) is 2.87. The summed E-state index contributed by atoms with van der Waals surface area (Å²) in [5.74, 6) is -0.931. The number of carbonyl (C=O) groups is 2. The number of ether oxygens (including phenoxy) is 1. The van der Waals surface area contributed by atoms with Gasteiger partial charge in [0.1, 0.15) is 5.54 Å². The van der Waals surface area contributed by atoms with Crippen molar-refractivity contribution in [3.8, 4) is 0 Å². The Labute approximate surface area is 94.2 Å². The molecule has 2 fully saturated rings. The Kier molecular flexibility index (Phi) is 2.56. The quantitative estimate of drug-likeness (QED) is 0.750. The molecule has 1 unspecified atom stereocenters. The van der Waals surface area contributed by atoms with Crippen LogP contribution in [0.4, 0.5) is 4.79 Å². The lowest BCUT2D eigenvalue weighted by molar-refractivity contribution is -0.142. The van der Waals surface area contributed by atoms with Crippen LogP contribution < -0.4 is 5.32 Å². The van der Waals surface area contributed by atoms with E-state index in [-0.39, 0.29) is 5.41 Å². The van der Waals surface area contributed by atoms with Gasteiger partial charge < -0.3 is 15.2 Å². The highest BCUT2D eigenvalue weighted by Gasteiger charge is 2.72. The van der Waals surface area contributed by atoms with E-state index in [1.165, 1.54) is 7.11 Å². The summed E-state index contributed by atoms with van der Waals surface area (Å²) in [6, 6.07) is 0. The molecular formula is C11H17NO4. The number of hydrogen-bond acceptors (Lipinski definition) is 3. The van der Waals surface area contributed by atoms with Crippen LogP contribution in [0.1, 0.15) is 38.5 Å². The van der Waals surface area contributed by atoms with Crippen molar-refractivity contribution in [1.82, 2.24) is 5.32 Å². The van der Waals surface area contributed by atoms with Gasteiger partial charge in [0.2, 0.25) is 0 Å². The predicted octanol–water partition coefficient (Wildman–Crippen LogP) is 1.52. The molecule has 2 rings (SSSR count). The third kappa shape index (κ3) is 1.45. The molecule has 5 nitrogen and oxygen atoms in total. The number of rotatable bonds is 2. The van der Waals surface area contributed by atoms with Crippen molar-refractivity contribution >= 4 is 12.1 Å². The Morgan fingerprint density at radius 2 is 1.88 bits per heavy atom. The average molecular weight is 227 g/mol. The molecule has 1 atom stereocenters. The van der Waals surface area contributed by atoms with Crippen molar-refractivity contribution in [3.63, 3.8) is 0 Å². The van der Waals surface area contributed by atoms with E-state index in [2.05, 4.69) is 10.1 Å². The Morgan fingerprint density at radius 1 is 1.25 bits per heavy atom. The van der Waals surface area contributed by atoms with Crippen LogP contribution >= 0.6 is 0 Å². The van der Waals surface area contributed by atoms with Crippen LogP contribution in [0.5, 0.6) is 0 Å². The second-order valence-electron chi connectivity index (χ2n) is 4.84. The van der Waals surface area contributed by atoms with Crippen LogP contribution in [0.2, 0.25) is 0 Å². The van der Waals surface area contributed by atoms with Gasteiger partial charge in [0, 0.05) is 5.41 Å². The minimum Gasteiger partial charge on any atom is -0.479 e. The molecular weight excluding hydrogens is 210 g/mol. The van der Waals surface area contributed by atoms with Crippen molar-refractivity contribution in [1.29, 1.82) is 0 Å². The van der Waals surface area contributed by atoms with E-state index >= 15 is 0 Å². The lowest BCUT2D eigenvalue weighted by atomic mass is 9.82. The normalized spacial score (nSPS) is 30.8. The molecule has 0 aromatic carbocycles. The lowest BCUT2D eigenvalue weighted by Crippen LogP contribution is -2.48.